The summed E-state index contributed by atoms with van der Waals surface area (Å²) in [6.45, 7) is 1.07. The van der Waals surface area contributed by atoms with Crippen molar-refractivity contribution in [2.45, 2.75) is 25.4 Å². The van der Waals surface area contributed by atoms with E-state index in [1.165, 1.54) is 6.07 Å². The van der Waals surface area contributed by atoms with E-state index in [0.717, 1.165) is 25.0 Å². The van der Waals surface area contributed by atoms with Crippen molar-refractivity contribution in [1.82, 2.24) is 10.6 Å². The molecule has 0 bridgehead atoms. The van der Waals surface area contributed by atoms with Crippen LogP contribution >= 0.6 is 0 Å². The Morgan fingerprint density at radius 3 is 2.88 bits per heavy atom. The molecule has 0 radical (unpaired) electrons. The fourth-order valence-electron chi connectivity index (χ4n) is 1.86. The first-order valence-electron chi connectivity index (χ1n) is 5.62. The lowest BCUT2D eigenvalue weighted by Crippen LogP contribution is -2.47. The molecule has 17 heavy (non-hydrogen) atoms. The molecule has 0 saturated carbocycles. The van der Waals surface area contributed by atoms with Crippen LogP contribution < -0.4 is 10.6 Å². The maximum atomic E-state index is 12.9. The van der Waals surface area contributed by atoms with E-state index in [0.29, 0.717) is 18.7 Å². The number of nitrogens with one attached hydrogen (secondary N) is 2. The minimum atomic E-state index is -0.864. The van der Waals surface area contributed by atoms with Gasteiger partial charge in [-0.2, -0.15) is 0 Å². The Bertz CT molecular complexity index is 423. The highest BCUT2D eigenvalue weighted by molar-refractivity contribution is 5.82. The van der Waals surface area contributed by atoms with Gasteiger partial charge in [0.1, 0.15) is 0 Å². The summed E-state index contributed by atoms with van der Waals surface area (Å²) in [6.07, 6.45) is 1.71. The molecule has 3 nitrogen and oxygen atoms in total. The Morgan fingerprint density at radius 2 is 2.18 bits per heavy atom. The lowest BCUT2D eigenvalue weighted by molar-refractivity contribution is -0.124. The van der Waals surface area contributed by atoms with Crippen molar-refractivity contribution in [2.24, 2.45) is 0 Å². The van der Waals surface area contributed by atoms with Crippen LogP contribution in [0, 0.1) is 11.6 Å². The summed E-state index contributed by atoms with van der Waals surface area (Å²) in [6, 6.07) is 3.50. The number of halogens is 2. The fourth-order valence-corrected chi connectivity index (χ4v) is 1.86. The fraction of sp³-hybridized carbons (Fsp3) is 0.417. The summed E-state index contributed by atoms with van der Waals surface area (Å²) in [7, 11) is 0. The highest BCUT2D eigenvalue weighted by Crippen LogP contribution is 2.10. The molecule has 1 atom stereocenters. The lowest BCUT2D eigenvalue weighted by Gasteiger charge is -2.22. The molecule has 1 aromatic rings. The standard InChI is InChI=1S/C12H14F2N2O/c13-9-4-3-8(6-10(9)14)7-16-11-2-1-5-15-12(11)17/h3-4,6,11,16H,1-2,5,7H2,(H,15,17). The van der Waals surface area contributed by atoms with Gasteiger partial charge in [-0.3, -0.25) is 4.79 Å². The van der Waals surface area contributed by atoms with Gasteiger partial charge >= 0.3 is 0 Å². The first-order valence-corrected chi connectivity index (χ1v) is 5.62. The molecule has 0 aliphatic carbocycles. The van der Waals surface area contributed by atoms with Crippen LogP contribution in [-0.4, -0.2) is 18.5 Å². The van der Waals surface area contributed by atoms with E-state index in [9.17, 15) is 13.6 Å². The zero-order chi connectivity index (χ0) is 12.3. The van der Waals surface area contributed by atoms with Gasteiger partial charge < -0.3 is 10.6 Å². The number of amides is 1. The van der Waals surface area contributed by atoms with Crippen molar-refractivity contribution >= 4 is 5.91 Å². The molecule has 1 aromatic carbocycles. The van der Waals surface area contributed by atoms with Crippen LogP contribution in [0.15, 0.2) is 18.2 Å². The molecule has 1 fully saturated rings. The van der Waals surface area contributed by atoms with Crippen molar-refractivity contribution in [3.8, 4) is 0 Å². The third-order valence-electron chi connectivity index (χ3n) is 2.82. The molecule has 0 spiro atoms. The number of hydrogen-bond donors (Lipinski definition) is 2. The van der Waals surface area contributed by atoms with Crippen molar-refractivity contribution in [3.63, 3.8) is 0 Å². The third-order valence-corrected chi connectivity index (χ3v) is 2.82. The molecule has 1 amide bonds. The molecular formula is C12H14F2N2O. The number of hydrogen-bond acceptors (Lipinski definition) is 2. The Labute approximate surface area is 98.2 Å². The Morgan fingerprint density at radius 1 is 1.35 bits per heavy atom. The minimum Gasteiger partial charge on any atom is -0.355 e. The van der Waals surface area contributed by atoms with Gasteiger partial charge in [-0.1, -0.05) is 6.07 Å². The van der Waals surface area contributed by atoms with Gasteiger partial charge in [0.25, 0.3) is 0 Å². The summed E-state index contributed by atoms with van der Waals surface area (Å²) in [5.41, 5.74) is 0.627. The molecule has 5 heteroatoms. The SMILES string of the molecule is O=C1NCCCC1NCc1ccc(F)c(F)c1. The molecule has 1 aliphatic rings. The number of benzene rings is 1. The van der Waals surface area contributed by atoms with Gasteiger partial charge in [0.15, 0.2) is 11.6 Å². The Kier molecular flexibility index (Phi) is 3.68. The number of rotatable bonds is 3. The van der Waals surface area contributed by atoms with E-state index in [1.807, 2.05) is 0 Å². The van der Waals surface area contributed by atoms with E-state index in [2.05, 4.69) is 10.6 Å². The average Bonchev–Trinajstić information content (AvgIpc) is 2.32. The van der Waals surface area contributed by atoms with E-state index in [-0.39, 0.29) is 11.9 Å². The van der Waals surface area contributed by atoms with Crippen LogP contribution in [-0.2, 0) is 11.3 Å². The van der Waals surface area contributed by atoms with Crippen LogP contribution in [0.25, 0.3) is 0 Å². The summed E-state index contributed by atoms with van der Waals surface area (Å²) in [5.74, 6) is -1.75. The first-order chi connectivity index (χ1) is 8.16. The molecule has 1 heterocycles. The topological polar surface area (TPSA) is 41.1 Å². The van der Waals surface area contributed by atoms with Gasteiger partial charge in [0, 0.05) is 13.1 Å². The van der Waals surface area contributed by atoms with E-state index < -0.39 is 11.6 Å². The largest absolute Gasteiger partial charge is 0.355 e. The van der Waals surface area contributed by atoms with Crippen molar-refractivity contribution in [1.29, 1.82) is 0 Å². The molecule has 2 rings (SSSR count). The zero-order valence-corrected chi connectivity index (χ0v) is 9.30. The maximum absolute atomic E-state index is 12.9. The normalized spacial score (nSPS) is 20.1. The molecule has 1 unspecified atom stereocenters. The highest BCUT2D eigenvalue weighted by atomic mass is 19.2. The summed E-state index contributed by atoms with van der Waals surface area (Å²) < 4.78 is 25.6. The van der Waals surface area contributed by atoms with Gasteiger partial charge in [-0.15, -0.1) is 0 Å². The second-order valence-electron chi connectivity index (χ2n) is 4.12. The van der Waals surface area contributed by atoms with Crippen molar-refractivity contribution in [3.05, 3.63) is 35.4 Å². The quantitative estimate of drug-likeness (QED) is 0.837. The van der Waals surface area contributed by atoms with Crippen molar-refractivity contribution in [2.75, 3.05) is 6.54 Å². The highest BCUT2D eigenvalue weighted by Gasteiger charge is 2.20. The second-order valence-corrected chi connectivity index (χ2v) is 4.12. The minimum absolute atomic E-state index is 0.0289. The number of piperidine rings is 1. The summed E-state index contributed by atoms with van der Waals surface area (Å²) >= 11 is 0. The number of carbonyl (C=O) groups excluding carboxylic acids is 1. The molecular weight excluding hydrogens is 226 g/mol. The predicted molar refractivity (Wildman–Crippen MR) is 59.2 cm³/mol. The molecule has 1 saturated heterocycles. The summed E-state index contributed by atoms with van der Waals surface area (Å²) in [5, 5.41) is 5.79. The molecule has 1 aliphatic heterocycles. The summed E-state index contributed by atoms with van der Waals surface area (Å²) in [4.78, 5) is 11.4. The van der Waals surface area contributed by atoms with Crippen LogP contribution in [0.3, 0.4) is 0 Å². The molecule has 92 valence electrons. The van der Waals surface area contributed by atoms with Crippen LogP contribution in [0.4, 0.5) is 8.78 Å². The first kappa shape index (κ1) is 12.0. The third kappa shape index (κ3) is 3.00. The zero-order valence-electron chi connectivity index (χ0n) is 9.30. The van der Waals surface area contributed by atoms with Gasteiger partial charge in [-0.25, -0.2) is 8.78 Å². The van der Waals surface area contributed by atoms with Crippen LogP contribution in [0.5, 0.6) is 0 Å². The van der Waals surface area contributed by atoms with Crippen LogP contribution in [0.1, 0.15) is 18.4 Å². The van der Waals surface area contributed by atoms with Crippen molar-refractivity contribution < 1.29 is 13.6 Å². The second kappa shape index (κ2) is 5.23. The van der Waals surface area contributed by atoms with Crippen LogP contribution in [0.2, 0.25) is 0 Å². The van der Waals surface area contributed by atoms with Gasteiger partial charge in [0.2, 0.25) is 5.91 Å². The lowest BCUT2D eigenvalue weighted by atomic mass is 10.1. The van der Waals surface area contributed by atoms with Gasteiger partial charge in [-0.05, 0) is 30.5 Å². The predicted octanol–water partition coefficient (Wildman–Crippen LogP) is 1.33. The average molecular weight is 240 g/mol. The van der Waals surface area contributed by atoms with Gasteiger partial charge in [0.05, 0.1) is 6.04 Å². The Balaban J connectivity index is 1.92. The maximum Gasteiger partial charge on any atom is 0.237 e. The van der Waals surface area contributed by atoms with E-state index in [1.54, 1.807) is 0 Å². The Hall–Kier alpha value is -1.49. The molecule has 2 N–H and O–H groups in total. The van der Waals surface area contributed by atoms with E-state index >= 15 is 0 Å². The monoisotopic (exact) mass is 240 g/mol. The molecule has 0 aromatic heterocycles. The number of carbonyl (C=O) groups is 1. The van der Waals surface area contributed by atoms with E-state index in [4.69, 9.17) is 0 Å². The smallest absolute Gasteiger partial charge is 0.237 e.